The van der Waals surface area contributed by atoms with E-state index in [1.807, 2.05) is 26.0 Å². The maximum Gasteiger partial charge on any atom is 0.251 e. The molecule has 2 N–H and O–H groups in total. The van der Waals surface area contributed by atoms with Crippen LogP contribution < -0.4 is 15.4 Å². The molecule has 0 unspecified atom stereocenters. The first-order valence-corrected chi connectivity index (χ1v) is 12.1. The summed E-state index contributed by atoms with van der Waals surface area (Å²) in [6.07, 6.45) is 0.659. The second-order valence-electron chi connectivity index (χ2n) is 9.53. The molecule has 0 saturated carbocycles. The first-order valence-electron chi connectivity index (χ1n) is 12.1. The summed E-state index contributed by atoms with van der Waals surface area (Å²) in [6, 6.07) is 20.4. The third kappa shape index (κ3) is 6.90. The number of carbonyl (C=O) groups is 1. The molecular weight excluding hydrogens is 443 g/mol. The predicted molar refractivity (Wildman–Crippen MR) is 135 cm³/mol. The van der Waals surface area contributed by atoms with Crippen LogP contribution in [0.25, 0.3) is 0 Å². The molecule has 0 aromatic heterocycles. The summed E-state index contributed by atoms with van der Waals surface area (Å²) in [7, 11) is 0. The highest BCUT2D eigenvalue weighted by molar-refractivity contribution is 5.94. The number of ether oxygens (including phenoxy) is 2. The number of fused-ring (bicyclic) bond motifs is 3. The zero-order valence-corrected chi connectivity index (χ0v) is 20.4. The van der Waals surface area contributed by atoms with E-state index in [1.165, 1.54) is 17.7 Å². The maximum atomic E-state index is 13.3. The summed E-state index contributed by atoms with van der Waals surface area (Å²) in [6.45, 7) is 7.64. The van der Waals surface area contributed by atoms with Crippen molar-refractivity contribution >= 4 is 5.91 Å². The summed E-state index contributed by atoms with van der Waals surface area (Å²) in [5.41, 5.74) is 4.54. The summed E-state index contributed by atoms with van der Waals surface area (Å²) in [5.74, 6) is 0.343. The van der Waals surface area contributed by atoms with Crippen molar-refractivity contribution in [2.75, 3.05) is 32.9 Å². The van der Waals surface area contributed by atoms with Crippen LogP contribution in [0.2, 0.25) is 0 Å². The zero-order valence-electron chi connectivity index (χ0n) is 20.4. The molecule has 1 aliphatic heterocycles. The van der Waals surface area contributed by atoms with Gasteiger partial charge in [0.05, 0.1) is 13.2 Å². The number of hydrogen-bond donors (Lipinski definition) is 2. The van der Waals surface area contributed by atoms with E-state index in [0.717, 1.165) is 35.5 Å². The van der Waals surface area contributed by atoms with Gasteiger partial charge in [0.2, 0.25) is 0 Å². The molecule has 0 aliphatic carbocycles. The fourth-order valence-electron chi connectivity index (χ4n) is 4.17. The van der Waals surface area contributed by atoms with Gasteiger partial charge in [0, 0.05) is 37.0 Å². The van der Waals surface area contributed by atoms with Crippen LogP contribution in [0.3, 0.4) is 0 Å². The van der Waals surface area contributed by atoms with Crippen molar-refractivity contribution in [1.82, 2.24) is 10.6 Å². The van der Waals surface area contributed by atoms with Gasteiger partial charge < -0.3 is 20.1 Å². The first-order chi connectivity index (χ1) is 16.9. The van der Waals surface area contributed by atoms with Crippen molar-refractivity contribution in [3.8, 4) is 5.75 Å². The normalized spacial score (nSPS) is 14.8. The van der Waals surface area contributed by atoms with E-state index >= 15 is 0 Å². The highest BCUT2D eigenvalue weighted by atomic mass is 19.1. The SMILES string of the molecule is CC(C)(CNC(=O)c1ccc2c(c1)Cc1cccc(c1)CNCCOCCO2)c1ccc(F)cc1. The molecule has 0 atom stereocenters. The molecule has 1 aliphatic rings. The van der Waals surface area contributed by atoms with Gasteiger partial charge in [0.1, 0.15) is 18.2 Å². The van der Waals surface area contributed by atoms with Crippen molar-refractivity contribution in [1.29, 1.82) is 0 Å². The fourth-order valence-corrected chi connectivity index (χ4v) is 4.17. The lowest BCUT2D eigenvalue weighted by Crippen LogP contribution is -2.36. The smallest absolute Gasteiger partial charge is 0.251 e. The minimum atomic E-state index is -0.339. The van der Waals surface area contributed by atoms with Crippen LogP contribution in [0.15, 0.2) is 66.7 Å². The lowest BCUT2D eigenvalue weighted by atomic mass is 9.84. The quantitative estimate of drug-likeness (QED) is 0.577. The van der Waals surface area contributed by atoms with Crippen molar-refractivity contribution in [3.63, 3.8) is 0 Å². The van der Waals surface area contributed by atoms with E-state index in [2.05, 4.69) is 34.9 Å². The van der Waals surface area contributed by atoms with E-state index in [1.54, 1.807) is 18.2 Å². The van der Waals surface area contributed by atoms with Crippen LogP contribution >= 0.6 is 0 Å². The molecule has 4 rings (SSSR count). The van der Waals surface area contributed by atoms with E-state index in [9.17, 15) is 9.18 Å². The Balaban J connectivity index is 1.52. The Morgan fingerprint density at radius 1 is 1.00 bits per heavy atom. The zero-order chi connectivity index (χ0) is 24.7. The van der Waals surface area contributed by atoms with Gasteiger partial charge in [-0.15, -0.1) is 0 Å². The molecule has 184 valence electrons. The minimum absolute atomic E-state index is 0.149. The van der Waals surface area contributed by atoms with Crippen LogP contribution in [0, 0.1) is 5.82 Å². The Morgan fingerprint density at radius 2 is 1.80 bits per heavy atom. The van der Waals surface area contributed by atoms with Gasteiger partial charge in [0.25, 0.3) is 5.91 Å². The number of rotatable bonds is 4. The average Bonchev–Trinajstić information content (AvgIpc) is 2.85. The monoisotopic (exact) mass is 476 g/mol. The Morgan fingerprint density at radius 3 is 2.63 bits per heavy atom. The van der Waals surface area contributed by atoms with Gasteiger partial charge in [-0.05, 0) is 52.6 Å². The number of hydrogen-bond acceptors (Lipinski definition) is 4. The molecule has 5 nitrogen and oxygen atoms in total. The third-order valence-electron chi connectivity index (χ3n) is 6.26. The fraction of sp³-hybridized carbons (Fsp3) is 0.345. The molecule has 3 aromatic rings. The Kier molecular flexibility index (Phi) is 8.16. The topological polar surface area (TPSA) is 59.6 Å². The predicted octanol–water partition coefficient (Wildman–Crippen LogP) is 4.62. The molecule has 1 heterocycles. The minimum Gasteiger partial charge on any atom is -0.491 e. The maximum absolute atomic E-state index is 13.3. The van der Waals surface area contributed by atoms with Gasteiger partial charge in [-0.2, -0.15) is 0 Å². The van der Waals surface area contributed by atoms with Crippen LogP contribution in [-0.4, -0.2) is 38.8 Å². The summed E-state index contributed by atoms with van der Waals surface area (Å²) in [4.78, 5) is 13.1. The van der Waals surface area contributed by atoms with Crippen molar-refractivity contribution in [2.24, 2.45) is 0 Å². The average molecular weight is 477 g/mol. The summed E-state index contributed by atoms with van der Waals surface area (Å²) >= 11 is 0. The number of benzene rings is 3. The van der Waals surface area contributed by atoms with Gasteiger partial charge >= 0.3 is 0 Å². The van der Waals surface area contributed by atoms with Crippen molar-refractivity contribution in [2.45, 2.75) is 32.2 Å². The molecule has 3 aromatic carbocycles. The van der Waals surface area contributed by atoms with Crippen LogP contribution in [-0.2, 0) is 23.1 Å². The Labute approximate surface area is 206 Å². The van der Waals surface area contributed by atoms with Crippen molar-refractivity contribution < 1.29 is 18.7 Å². The van der Waals surface area contributed by atoms with E-state index in [-0.39, 0.29) is 17.1 Å². The second kappa shape index (κ2) is 11.5. The van der Waals surface area contributed by atoms with Crippen LogP contribution in [0.4, 0.5) is 4.39 Å². The molecule has 1 amide bonds. The van der Waals surface area contributed by atoms with E-state index in [4.69, 9.17) is 9.47 Å². The first kappa shape index (κ1) is 24.9. The van der Waals surface area contributed by atoms with Crippen molar-refractivity contribution in [3.05, 3.63) is 100 Å². The number of halogens is 1. The highest BCUT2D eigenvalue weighted by Crippen LogP contribution is 2.25. The molecule has 6 heteroatoms. The molecule has 0 radical (unpaired) electrons. The van der Waals surface area contributed by atoms with Gasteiger partial charge in [-0.1, -0.05) is 50.2 Å². The second-order valence-corrected chi connectivity index (χ2v) is 9.53. The molecule has 2 bridgehead atoms. The number of amides is 1. The van der Waals surface area contributed by atoms with Crippen LogP contribution in [0.1, 0.15) is 46.5 Å². The van der Waals surface area contributed by atoms with Gasteiger partial charge in [0.15, 0.2) is 0 Å². The Bertz CT molecular complexity index is 1140. The molecule has 0 saturated heterocycles. The molecular formula is C29H33FN2O3. The van der Waals surface area contributed by atoms with Gasteiger partial charge in [-0.25, -0.2) is 4.39 Å². The number of nitrogens with one attached hydrogen (secondary N) is 2. The summed E-state index contributed by atoms with van der Waals surface area (Å²) in [5, 5.41) is 6.44. The largest absolute Gasteiger partial charge is 0.491 e. The number of carbonyl (C=O) groups excluding carboxylic acids is 1. The van der Waals surface area contributed by atoms with Crippen LogP contribution in [0.5, 0.6) is 5.75 Å². The van der Waals surface area contributed by atoms with E-state index in [0.29, 0.717) is 38.3 Å². The Hall–Kier alpha value is -3.22. The lowest BCUT2D eigenvalue weighted by Gasteiger charge is -2.26. The molecule has 35 heavy (non-hydrogen) atoms. The standard InChI is InChI=1S/C29H33FN2O3/c1-29(2,25-7-9-26(30)10-8-25)20-32-28(33)23-6-11-27-24(18-23)17-21-4-3-5-22(16-21)19-31-12-13-34-14-15-35-27/h3-11,16,18,31H,12-15,17,19-20H2,1-2H3,(H,32,33). The third-order valence-corrected chi connectivity index (χ3v) is 6.26. The lowest BCUT2D eigenvalue weighted by molar-refractivity contribution is 0.0944. The van der Waals surface area contributed by atoms with Gasteiger partial charge in [-0.3, -0.25) is 4.79 Å². The highest BCUT2D eigenvalue weighted by Gasteiger charge is 2.22. The molecule has 0 spiro atoms. The summed E-state index contributed by atoms with van der Waals surface area (Å²) < 4.78 is 25.0. The molecule has 0 fully saturated rings. The van der Waals surface area contributed by atoms with E-state index < -0.39 is 0 Å².